The molecule has 0 spiro atoms. The van der Waals surface area contributed by atoms with Gasteiger partial charge in [-0.05, 0) is 39.3 Å². The van der Waals surface area contributed by atoms with Crippen LogP contribution >= 0.6 is 0 Å². The van der Waals surface area contributed by atoms with Gasteiger partial charge >= 0.3 is 0 Å². The van der Waals surface area contributed by atoms with Crippen LogP contribution in [0.1, 0.15) is 33.3 Å². The smallest absolute Gasteiger partial charge is 0.191 e. The van der Waals surface area contributed by atoms with Crippen LogP contribution in [0.25, 0.3) is 6.08 Å². The molecule has 5 atom stereocenters. The predicted molar refractivity (Wildman–Crippen MR) is 94.0 cm³/mol. The molecule has 0 radical (unpaired) electrons. The second-order valence-corrected chi connectivity index (χ2v) is 7.75. The fourth-order valence-corrected chi connectivity index (χ4v) is 3.61. The summed E-state index contributed by atoms with van der Waals surface area (Å²) in [4.78, 5) is 0. The Morgan fingerprint density at radius 1 is 0.962 bits per heavy atom. The third-order valence-electron chi connectivity index (χ3n) is 4.72. The summed E-state index contributed by atoms with van der Waals surface area (Å²) in [5.41, 5.74) is 1.06. The highest BCUT2D eigenvalue weighted by molar-refractivity contribution is 5.47. The standard InChI is InChI=1S/C20H26O6/c1-19(2)22-12-14(24-19)15-16(17-18(23-15)26-20(3,4)25-17)21-11-10-13-8-6-5-7-9-13/h5-11,14-18H,12H2,1-4H3/b11-10-/t14-,15-,16+,17-,18-/m1/s1. The number of fused-ring (bicyclic) bond motifs is 1. The van der Waals surface area contributed by atoms with Gasteiger partial charge in [-0.2, -0.15) is 0 Å². The Morgan fingerprint density at radius 2 is 1.73 bits per heavy atom. The lowest BCUT2D eigenvalue weighted by molar-refractivity contribution is -0.232. The predicted octanol–water partition coefficient (Wildman–Crippen LogP) is 3.07. The van der Waals surface area contributed by atoms with Crippen molar-refractivity contribution in [3.8, 4) is 0 Å². The maximum absolute atomic E-state index is 6.10. The first-order valence-electron chi connectivity index (χ1n) is 9.03. The fraction of sp³-hybridized carbons (Fsp3) is 0.600. The van der Waals surface area contributed by atoms with Crippen molar-refractivity contribution in [2.24, 2.45) is 0 Å². The summed E-state index contributed by atoms with van der Waals surface area (Å²) in [6, 6.07) is 9.98. The van der Waals surface area contributed by atoms with E-state index in [9.17, 15) is 0 Å². The maximum atomic E-state index is 6.10. The first kappa shape index (κ1) is 17.9. The Hall–Kier alpha value is -1.44. The van der Waals surface area contributed by atoms with Crippen molar-refractivity contribution in [3.05, 3.63) is 42.2 Å². The minimum absolute atomic E-state index is 0.235. The summed E-state index contributed by atoms with van der Waals surface area (Å²) in [5, 5.41) is 0. The molecule has 0 bridgehead atoms. The molecule has 0 unspecified atom stereocenters. The molecule has 0 saturated carbocycles. The van der Waals surface area contributed by atoms with Gasteiger partial charge in [0.25, 0.3) is 0 Å². The second kappa shape index (κ2) is 6.62. The zero-order valence-corrected chi connectivity index (χ0v) is 15.6. The molecule has 0 amide bonds. The summed E-state index contributed by atoms with van der Waals surface area (Å²) in [5.74, 6) is -1.32. The first-order chi connectivity index (χ1) is 12.3. The van der Waals surface area contributed by atoms with E-state index >= 15 is 0 Å². The Labute approximate surface area is 154 Å². The summed E-state index contributed by atoms with van der Waals surface area (Å²) < 4.78 is 35.7. The number of benzene rings is 1. The molecule has 26 heavy (non-hydrogen) atoms. The van der Waals surface area contributed by atoms with E-state index in [-0.39, 0.29) is 24.4 Å². The Bertz CT molecular complexity index is 656. The minimum Gasteiger partial charge on any atom is -0.492 e. The Balaban J connectivity index is 1.49. The van der Waals surface area contributed by atoms with Gasteiger partial charge in [0.15, 0.2) is 30.1 Å². The van der Waals surface area contributed by atoms with Gasteiger partial charge in [-0.1, -0.05) is 30.3 Å². The van der Waals surface area contributed by atoms with Crippen LogP contribution in [-0.4, -0.2) is 48.9 Å². The largest absolute Gasteiger partial charge is 0.492 e. The molecule has 6 nitrogen and oxygen atoms in total. The van der Waals surface area contributed by atoms with E-state index in [1.54, 1.807) is 6.26 Å². The van der Waals surface area contributed by atoms with Crippen molar-refractivity contribution >= 4 is 6.08 Å². The molecule has 3 fully saturated rings. The second-order valence-electron chi connectivity index (χ2n) is 7.75. The topological polar surface area (TPSA) is 55.4 Å². The van der Waals surface area contributed by atoms with Crippen LogP contribution in [0.15, 0.2) is 36.6 Å². The van der Waals surface area contributed by atoms with Gasteiger partial charge in [-0.15, -0.1) is 0 Å². The van der Waals surface area contributed by atoms with E-state index in [0.29, 0.717) is 6.61 Å². The molecule has 6 heteroatoms. The molecule has 4 rings (SSSR count). The van der Waals surface area contributed by atoms with Crippen molar-refractivity contribution < 1.29 is 28.4 Å². The van der Waals surface area contributed by atoms with Crippen molar-refractivity contribution in [1.29, 1.82) is 0 Å². The highest BCUT2D eigenvalue weighted by Crippen LogP contribution is 2.42. The third kappa shape index (κ3) is 3.66. The van der Waals surface area contributed by atoms with Crippen LogP contribution < -0.4 is 0 Å². The molecular weight excluding hydrogens is 336 g/mol. The van der Waals surface area contributed by atoms with Crippen LogP contribution in [0.2, 0.25) is 0 Å². The van der Waals surface area contributed by atoms with Crippen molar-refractivity contribution in [3.63, 3.8) is 0 Å². The molecule has 142 valence electrons. The first-order valence-corrected chi connectivity index (χ1v) is 9.03. The van der Waals surface area contributed by atoms with Crippen LogP contribution in [-0.2, 0) is 28.4 Å². The molecule has 3 heterocycles. The fourth-order valence-electron chi connectivity index (χ4n) is 3.61. The van der Waals surface area contributed by atoms with Crippen LogP contribution in [0.3, 0.4) is 0 Å². The molecule has 0 aliphatic carbocycles. The van der Waals surface area contributed by atoms with Gasteiger partial charge < -0.3 is 28.4 Å². The molecule has 0 aromatic heterocycles. The van der Waals surface area contributed by atoms with E-state index in [1.165, 1.54) is 0 Å². The zero-order valence-electron chi connectivity index (χ0n) is 15.6. The van der Waals surface area contributed by atoms with Crippen molar-refractivity contribution in [2.75, 3.05) is 6.61 Å². The molecule has 1 aromatic carbocycles. The zero-order chi connectivity index (χ0) is 18.4. The Morgan fingerprint density at radius 3 is 2.42 bits per heavy atom. The molecule has 3 aliphatic rings. The number of rotatable bonds is 4. The number of hydrogen-bond donors (Lipinski definition) is 0. The average molecular weight is 362 g/mol. The van der Waals surface area contributed by atoms with Gasteiger partial charge in [-0.3, -0.25) is 0 Å². The van der Waals surface area contributed by atoms with Crippen molar-refractivity contribution in [1.82, 2.24) is 0 Å². The molecular formula is C20H26O6. The SMILES string of the molecule is CC1(C)O[C@H]2O[C@H]([C@H]3COC(C)(C)O3)[C@H](O/C=C\c3ccccc3)[C@H]2O1. The summed E-state index contributed by atoms with van der Waals surface area (Å²) in [7, 11) is 0. The van der Waals surface area contributed by atoms with Gasteiger partial charge in [-0.25, -0.2) is 0 Å². The van der Waals surface area contributed by atoms with Gasteiger partial charge in [0, 0.05) is 0 Å². The monoisotopic (exact) mass is 362 g/mol. The lowest BCUT2D eigenvalue weighted by Gasteiger charge is -2.28. The van der Waals surface area contributed by atoms with Gasteiger partial charge in [0.1, 0.15) is 12.2 Å². The lowest BCUT2D eigenvalue weighted by Crippen LogP contribution is -2.43. The number of ether oxygens (including phenoxy) is 6. The highest BCUT2D eigenvalue weighted by atomic mass is 16.8. The van der Waals surface area contributed by atoms with E-state index in [2.05, 4.69) is 0 Å². The van der Waals surface area contributed by atoms with Crippen molar-refractivity contribution in [2.45, 2.75) is 70.0 Å². The van der Waals surface area contributed by atoms with Crippen LogP contribution in [0.5, 0.6) is 0 Å². The number of hydrogen-bond acceptors (Lipinski definition) is 6. The molecule has 0 N–H and O–H groups in total. The molecule has 3 saturated heterocycles. The summed E-state index contributed by atoms with van der Waals surface area (Å²) >= 11 is 0. The summed E-state index contributed by atoms with van der Waals surface area (Å²) in [6.07, 6.45) is 1.91. The van der Waals surface area contributed by atoms with E-state index in [4.69, 9.17) is 28.4 Å². The van der Waals surface area contributed by atoms with Gasteiger partial charge in [0.2, 0.25) is 0 Å². The average Bonchev–Trinajstić information content (AvgIpc) is 3.18. The Kier molecular flexibility index (Phi) is 4.57. The minimum atomic E-state index is -0.697. The summed E-state index contributed by atoms with van der Waals surface area (Å²) in [6.45, 7) is 7.98. The highest BCUT2D eigenvalue weighted by Gasteiger charge is 2.59. The lowest BCUT2D eigenvalue weighted by atomic mass is 10.1. The van der Waals surface area contributed by atoms with E-state index in [1.807, 2.05) is 64.1 Å². The van der Waals surface area contributed by atoms with Crippen LogP contribution in [0, 0.1) is 0 Å². The normalized spacial score (nSPS) is 37.9. The van der Waals surface area contributed by atoms with E-state index in [0.717, 1.165) is 5.56 Å². The van der Waals surface area contributed by atoms with Gasteiger partial charge in [0.05, 0.1) is 12.9 Å². The van der Waals surface area contributed by atoms with Crippen LogP contribution in [0.4, 0.5) is 0 Å². The third-order valence-corrected chi connectivity index (χ3v) is 4.72. The van der Waals surface area contributed by atoms with E-state index < -0.39 is 17.9 Å². The maximum Gasteiger partial charge on any atom is 0.191 e. The molecule has 3 aliphatic heterocycles. The quantitative estimate of drug-likeness (QED) is 0.768. The molecule has 1 aromatic rings.